The minimum absolute atomic E-state index is 0.153. The van der Waals surface area contributed by atoms with Crippen LogP contribution in [0.1, 0.15) is 23.0 Å². The Morgan fingerprint density at radius 2 is 1.10 bits per heavy atom. The van der Waals surface area contributed by atoms with Crippen molar-refractivity contribution in [2.75, 3.05) is 27.8 Å². The Morgan fingerprint density at radius 1 is 0.700 bits per heavy atom. The number of hydrogen-bond donors (Lipinski definition) is 0. The molecule has 2 aromatic rings. The number of ether oxygens (including phenoxy) is 6. The summed E-state index contributed by atoms with van der Waals surface area (Å²) in [6.07, 6.45) is 0. The number of carbonyl (C=O) groups excluding carboxylic acids is 2. The summed E-state index contributed by atoms with van der Waals surface area (Å²) in [4.78, 5) is 25.4. The predicted molar refractivity (Wildman–Crippen MR) is 102 cm³/mol. The zero-order valence-electron chi connectivity index (χ0n) is 16.5. The van der Waals surface area contributed by atoms with Crippen LogP contribution in [0, 0.1) is 11.8 Å². The van der Waals surface area contributed by atoms with Crippen LogP contribution in [0.15, 0.2) is 36.4 Å². The number of rotatable bonds is 4. The maximum Gasteiger partial charge on any atom is 0.310 e. The van der Waals surface area contributed by atoms with Gasteiger partial charge in [0.05, 0.1) is 26.1 Å². The molecule has 0 N–H and O–H groups in total. The molecule has 1 fully saturated rings. The third-order valence-electron chi connectivity index (χ3n) is 6.06. The lowest BCUT2D eigenvalue weighted by Gasteiger charge is -2.49. The molecule has 8 heteroatoms. The fraction of sp³-hybridized carbons (Fsp3) is 0.364. The van der Waals surface area contributed by atoms with Crippen molar-refractivity contribution in [3.8, 4) is 23.0 Å². The smallest absolute Gasteiger partial charge is 0.310 e. The van der Waals surface area contributed by atoms with Crippen LogP contribution in [0.3, 0.4) is 0 Å². The predicted octanol–water partition coefficient (Wildman–Crippen LogP) is 2.60. The summed E-state index contributed by atoms with van der Waals surface area (Å²) >= 11 is 0. The van der Waals surface area contributed by atoms with Crippen LogP contribution in [0.4, 0.5) is 0 Å². The first-order chi connectivity index (χ1) is 14.6. The topological polar surface area (TPSA) is 89.5 Å². The molecule has 0 saturated heterocycles. The largest absolute Gasteiger partial charge is 0.469 e. The van der Waals surface area contributed by atoms with Gasteiger partial charge in [-0.2, -0.15) is 0 Å². The van der Waals surface area contributed by atoms with E-state index in [0.29, 0.717) is 23.0 Å². The van der Waals surface area contributed by atoms with Crippen molar-refractivity contribution < 1.29 is 38.0 Å². The molecule has 2 aliphatic heterocycles. The highest BCUT2D eigenvalue weighted by Crippen LogP contribution is 2.60. The van der Waals surface area contributed by atoms with Crippen molar-refractivity contribution in [2.45, 2.75) is 11.8 Å². The lowest BCUT2D eigenvalue weighted by atomic mass is 9.52. The number of esters is 2. The number of fused-ring (bicyclic) bond motifs is 2. The van der Waals surface area contributed by atoms with Crippen LogP contribution in [0.2, 0.25) is 0 Å². The van der Waals surface area contributed by atoms with E-state index in [4.69, 9.17) is 28.4 Å². The SMILES string of the molecule is COC(=O)[C@@H]1[C@@H](C(=O)OC)[C@H](c2ccc3c(c2)OCO3)[C@H]1c1ccc2c(c1)OCO2. The second kappa shape index (κ2) is 7.12. The number of carbonyl (C=O) groups is 2. The Morgan fingerprint density at radius 3 is 1.50 bits per heavy atom. The van der Waals surface area contributed by atoms with Crippen molar-refractivity contribution in [1.29, 1.82) is 0 Å². The first-order valence-electron chi connectivity index (χ1n) is 9.57. The summed E-state index contributed by atoms with van der Waals surface area (Å²) in [6, 6.07) is 11.1. The van der Waals surface area contributed by atoms with Gasteiger partial charge in [0.2, 0.25) is 13.6 Å². The Hall–Kier alpha value is -3.42. The molecule has 0 spiro atoms. The molecule has 0 unspecified atom stereocenters. The Kier molecular flexibility index (Phi) is 4.42. The fourth-order valence-corrected chi connectivity index (χ4v) is 4.68. The molecule has 30 heavy (non-hydrogen) atoms. The number of benzene rings is 2. The average Bonchev–Trinajstić information content (AvgIpc) is 3.41. The Bertz CT molecular complexity index is 935. The zero-order valence-corrected chi connectivity index (χ0v) is 16.5. The molecule has 8 nitrogen and oxygen atoms in total. The standard InChI is InChI=1S/C22H20O8/c1-25-21(23)19-17(11-3-5-13-15(7-11)29-9-27-13)18(20(19)22(24)26-2)12-4-6-14-16(8-12)30-10-28-14/h3-8,17-20H,9-10H2,1-2H3/t17-,18-,19+,20+/m1/s1. The molecule has 0 aromatic heterocycles. The molecule has 1 aliphatic carbocycles. The van der Waals surface area contributed by atoms with E-state index in [9.17, 15) is 9.59 Å². The highest BCUT2D eigenvalue weighted by Gasteiger charge is 2.59. The lowest BCUT2D eigenvalue weighted by Crippen LogP contribution is -2.52. The molecule has 1 saturated carbocycles. The van der Waals surface area contributed by atoms with Gasteiger partial charge in [-0.15, -0.1) is 0 Å². The zero-order chi connectivity index (χ0) is 20.8. The van der Waals surface area contributed by atoms with Gasteiger partial charge in [0.15, 0.2) is 23.0 Å². The summed E-state index contributed by atoms with van der Waals surface area (Å²) < 4.78 is 31.9. The second-order valence-corrected chi connectivity index (χ2v) is 7.37. The van der Waals surface area contributed by atoms with Gasteiger partial charge < -0.3 is 28.4 Å². The highest BCUT2D eigenvalue weighted by molar-refractivity contribution is 5.87. The molecule has 2 heterocycles. The quantitative estimate of drug-likeness (QED) is 0.708. The van der Waals surface area contributed by atoms with E-state index in [2.05, 4.69) is 0 Å². The lowest BCUT2D eigenvalue weighted by molar-refractivity contribution is -0.168. The van der Waals surface area contributed by atoms with Gasteiger partial charge in [0.25, 0.3) is 0 Å². The molecule has 0 bridgehead atoms. The Balaban J connectivity index is 1.60. The van der Waals surface area contributed by atoms with Crippen molar-refractivity contribution in [3.05, 3.63) is 47.5 Å². The fourth-order valence-electron chi connectivity index (χ4n) is 4.68. The van der Waals surface area contributed by atoms with E-state index in [1.54, 1.807) is 0 Å². The van der Waals surface area contributed by atoms with Crippen molar-refractivity contribution in [3.63, 3.8) is 0 Å². The minimum atomic E-state index is -0.682. The molecule has 2 aromatic carbocycles. The van der Waals surface area contributed by atoms with Gasteiger partial charge in [-0.25, -0.2) is 0 Å². The maximum absolute atomic E-state index is 12.7. The van der Waals surface area contributed by atoms with Gasteiger partial charge in [-0.05, 0) is 35.4 Å². The molecule has 0 amide bonds. The van der Waals surface area contributed by atoms with Crippen LogP contribution in [-0.2, 0) is 19.1 Å². The van der Waals surface area contributed by atoms with Crippen molar-refractivity contribution in [1.82, 2.24) is 0 Å². The van der Waals surface area contributed by atoms with E-state index in [-0.39, 0.29) is 25.4 Å². The van der Waals surface area contributed by atoms with E-state index < -0.39 is 23.8 Å². The molecule has 5 rings (SSSR count). The second-order valence-electron chi connectivity index (χ2n) is 7.37. The Labute approximate surface area is 172 Å². The molecule has 156 valence electrons. The molecular weight excluding hydrogens is 392 g/mol. The molecular formula is C22H20O8. The van der Waals surface area contributed by atoms with Crippen LogP contribution in [-0.4, -0.2) is 39.7 Å². The molecule has 3 aliphatic rings. The maximum atomic E-state index is 12.7. The van der Waals surface area contributed by atoms with E-state index in [1.165, 1.54) is 14.2 Å². The number of methoxy groups -OCH3 is 2. The summed E-state index contributed by atoms with van der Waals surface area (Å²) in [6.45, 7) is 0.306. The van der Waals surface area contributed by atoms with Crippen LogP contribution in [0.25, 0.3) is 0 Å². The van der Waals surface area contributed by atoms with Crippen molar-refractivity contribution >= 4 is 11.9 Å². The monoisotopic (exact) mass is 412 g/mol. The summed E-state index contributed by atoms with van der Waals surface area (Å²) in [5, 5.41) is 0. The number of hydrogen-bond acceptors (Lipinski definition) is 8. The van der Waals surface area contributed by atoms with Gasteiger partial charge >= 0.3 is 11.9 Å². The van der Waals surface area contributed by atoms with Crippen LogP contribution >= 0.6 is 0 Å². The third kappa shape index (κ3) is 2.74. The third-order valence-corrected chi connectivity index (χ3v) is 6.06. The average molecular weight is 412 g/mol. The molecule has 4 atom stereocenters. The van der Waals surface area contributed by atoms with E-state index >= 15 is 0 Å². The van der Waals surface area contributed by atoms with Crippen LogP contribution in [0.5, 0.6) is 23.0 Å². The normalized spacial score (nSPS) is 25.4. The summed E-state index contributed by atoms with van der Waals surface area (Å²) in [5.74, 6) is -0.364. The first-order valence-corrected chi connectivity index (χ1v) is 9.57. The van der Waals surface area contributed by atoms with E-state index in [1.807, 2.05) is 36.4 Å². The van der Waals surface area contributed by atoms with Gasteiger partial charge in [-0.3, -0.25) is 9.59 Å². The molecule has 0 radical (unpaired) electrons. The minimum Gasteiger partial charge on any atom is -0.469 e. The van der Waals surface area contributed by atoms with Gasteiger partial charge in [0, 0.05) is 11.8 Å². The summed E-state index contributed by atoms with van der Waals surface area (Å²) in [5.41, 5.74) is 1.72. The van der Waals surface area contributed by atoms with Gasteiger partial charge in [0.1, 0.15) is 0 Å². The summed E-state index contributed by atoms with van der Waals surface area (Å²) in [7, 11) is 2.64. The van der Waals surface area contributed by atoms with Crippen molar-refractivity contribution in [2.24, 2.45) is 11.8 Å². The van der Waals surface area contributed by atoms with Gasteiger partial charge in [-0.1, -0.05) is 12.1 Å². The van der Waals surface area contributed by atoms with E-state index in [0.717, 1.165) is 11.1 Å². The highest BCUT2D eigenvalue weighted by atomic mass is 16.7. The van der Waals surface area contributed by atoms with Crippen LogP contribution < -0.4 is 18.9 Å². The first kappa shape index (κ1) is 18.6.